The summed E-state index contributed by atoms with van der Waals surface area (Å²) < 4.78 is 1.67. The summed E-state index contributed by atoms with van der Waals surface area (Å²) in [5.41, 5.74) is 2.88. The van der Waals surface area contributed by atoms with Gasteiger partial charge in [-0.2, -0.15) is 0 Å². The van der Waals surface area contributed by atoms with Gasteiger partial charge in [-0.1, -0.05) is 6.92 Å². The summed E-state index contributed by atoms with van der Waals surface area (Å²) in [6, 6.07) is 13.9. The Balaban J connectivity index is 2.00. The normalized spacial score (nSPS) is 11.8. The molecule has 0 amide bonds. The summed E-state index contributed by atoms with van der Waals surface area (Å²) in [5.74, 6) is 0. The molecule has 0 aliphatic rings. The van der Waals surface area contributed by atoms with Crippen LogP contribution in [-0.4, -0.2) is 18.4 Å². The summed E-state index contributed by atoms with van der Waals surface area (Å²) in [5, 5.41) is 0. The predicted octanol–water partition coefficient (Wildman–Crippen LogP) is 6.08. The summed E-state index contributed by atoms with van der Waals surface area (Å²) in [7, 11) is 0. The van der Waals surface area contributed by atoms with Crippen LogP contribution >= 0.6 is 11.3 Å². The van der Waals surface area contributed by atoms with E-state index in [2.05, 4.69) is 58.1 Å². The zero-order valence-corrected chi connectivity index (χ0v) is 17.6. The third kappa shape index (κ3) is 5.14. The van der Waals surface area contributed by atoms with Gasteiger partial charge in [-0.15, -0.1) is 0 Å². The van der Waals surface area contributed by atoms with E-state index in [0.717, 1.165) is 0 Å². The molecule has 2 heteroatoms. The van der Waals surface area contributed by atoms with Crippen molar-refractivity contribution >= 4 is 32.6 Å². The van der Waals surface area contributed by atoms with Crippen molar-refractivity contribution in [3.05, 3.63) is 42.0 Å². The minimum atomic E-state index is -1.89. The Kier molecular flexibility index (Phi) is 6.36. The molecule has 1 aromatic heterocycles. The van der Waals surface area contributed by atoms with Crippen molar-refractivity contribution in [1.82, 2.24) is 0 Å². The monoisotopic (exact) mass is 408 g/mol. The molecule has 0 aliphatic carbocycles. The fourth-order valence-electron chi connectivity index (χ4n) is 2.49. The van der Waals surface area contributed by atoms with Gasteiger partial charge in [0.15, 0.2) is 0 Å². The second-order valence-corrected chi connectivity index (χ2v) is 23.4. The summed E-state index contributed by atoms with van der Waals surface area (Å²) in [6.45, 7) is 2.27. The maximum atomic E-state index is 2.49. The van der Waals surface area contributed by atoms with E-state index in [4.69, 9.17) is 0 Å². The fraction of sp³-hybridized carbons (Fsp3) is 0.474. The molecule has 0 N–H and O–H groups in total. The van der Waals surface area contributed by atoms with Gasteiger partial charge in [0.2, 0.25) is 0 Å². The Morgan fingerprint density at radius 3 is 2.14 bits per heavy atom. The first-order valence-corrected chi connectivity index (χ1v) is 19.0. The first kappa shape index (κ1) is 17.1. The first-order chi connectivity index (χ1) is 10.0. The molecule has 1 aromatic carbocycles. The van der Waals surface area contributed by atoms with Crippen LogP contribution in [0.4, 0.5) is 0 Å². The molecule has 114 valence electrons. The average molecular weight is 407 g/mol. The summed E-state index contributed by atoms with van der Waals surface area (Å²) >= 11 is 0.129. The molecule has 1 heterocycles. The molecule has 21 heavy (non-hydrogen) atoms. The molecule has 2 rings (SSSR count). The number of thiophene rings is 1. The molecule has 0 radical (unpaired) electrons. The van der Waals surface area contributed by atoms with Gasteiger partial charge < -0.3 is 0 Å². The second kappa shape index (κ2) is 7.82. The van der Waals surface area contributed by atoms with Gasteiger partial charge in [0, 0.05) is 0 Å². The number of hydrogen-bond donors (Lipinski definition) is 0. The Hall–Kier alpha value is -0.281. The molecule has 0 fully saturated rings. The van der Waals surface area contributed by atoms with Gasteiger partial charge in [-0.05, 0) is 0 Å². The minimum absolute atomic E-state index is 1.23. The molecular weight excluding hydrogens is 379 g/mol. The van der Waals surface area contributed by atoms with E-state index in [9.17, 15) is 0 Å². The van der Waals surface area contributed by atoms with Crippen LogP contribution < -0.4 is 2.89 Å². The van der Waals surface area contributed by atoms with Crippen LogP contribution in [-0.2, 0) is 6.42 Å². The average Bonchev–Trinajstić information content (AvgIpc) is 2.94. The van der Waals surface area contributed by atoms with Gasteiger partial charge in [0.05, 0.1) is 0 Å². The summed E-state index contributed by atoms with van der Waals surface area (Å²) in [4.78, 5) is 8.91. The van der Waals surface area contributed by atoms with Crippen molar-refractivity contribution in [3.63, 3.8) is 0 Å². The molecule has 0 atom stereocenters. The fourth-order valence-corrected chi connectivity index (χ4v) is 8.78. The van der Waals surface area contributed by atoms with Crippen LogP contribution in [0, 0.1) is 0 Å². The number of rotatable bonds is 7. The third-order valence-corrected chi connectivity index (χ3v) is 14.5. The van der Waals surface area contributed by atoms with E-state index in [0.29, 0.717) is 0 Å². The van der Waals surface area contributed by atoms with Crippen LogP contribution in [0.1, 0.15) is 38.2 Å². The molecule has 0 aliphatic heterocycles. The summed E-state index contributed by atoms with van der Waals surface area (Å²) in [6.07, 6.45) is 6.61. The van der Waals surface area contributed by atoms with Gasteiger partial charge >= 0.3 is 132 Å². The number of benzene rings is 1. The number of unbranched alkanes of at least 4 members (excludes halogenated alkanes) is 3. The molecule has 2 aromatic rings. The number of aryl methyl sites for hydroxylation is 1. The van der Waals surface area contributed by atoms with Crippen LogP contribution in [0.25, 0.3) is 10.4 Å². The van der Waals surface area contributed by atoms with E-state index in [1.165, 1.54) is 48.1 Å². The quantitative estimate of drug-likeness (QED) is 0.385. The van der Waals surface area contributed by atoms with Crippen molar-refractivity contribution in [2.45, 2.75) is 53.8 Å². The Morgan fingerprint density at radius 2 is 1.57 bits per heavy atom. The van der Waals surface area contributed by atoms with Crippen LogP contribution in [0.3, 0.4) is 0 Å². The molecule has 0 nitrogen and oxygen atoms in total. The van der Waals surface area contributed by atoms with Crippen LogP contribution in [0.2, 0.25) is 14.8 Å². The Morgan fingerprint density at radius 1 is 0.857 bits per heavy atom. The van der Waals surface area contributed by atoms with Gasteiger partial charge in [0.1, 0.15) is 0 Å². The van der Waals surface area contributed by atoms with E-state index < -0.39 is 18.4 Å². The topological polar surface area (TPSA) is 0 Å². The molecular formula is C19H28SSn. The third-order valence-electron chi connectivity index (χ3n) is 3.90. The molecule has 0 bridgehead atoms. The van der Waals surface area contributed by atoms with Crippen molar-refractivity contribution in [2.24, 2.45) is 0 Å². The van der Waals surface area contributed by atoms with Crippen molar-refractivity contribution in [3.8, 4) is 10.4 Å². The zero-order chi connectivity index (χ0) is 15.3. The Labute approximate surface area is 138 Å². The van der Waals surface area contributed by atoms with Crippen molar-refractivity contribution in [1.29, 1.82) is 0 Å². The van der Waals surface area contributed by atoms with Crippen molar-refractivity contribution in [2.75, 3.05) is 0 Å². The maximum absolute atomic E-state index is 2.49. The van der Waals surface area contributed by atoms with Gasteiger partial charge in [-0.25, -0.2) is 0 Å². The molecule has 0 saturated carbocycles. The van der Waals surface area contributed by atoms with E-state index >= 15 is 0 Å². The molecule has 0 unspecified atom stereocenters. The van der Waals surface area contributed by atoms with Crippen LogP contribution in [0.15, 0.2) is 36.4 Å². The van der Waals surface area contributed by atoms with Gasteiger partial charge in [0.25, 0.3) is 0 Å². The standard InChI is InChI=1S/C16H19S.3CH3.Sn/c1-2-3-4-5-7-14-9-11-15(12-10-14)16-8-6-13-17-16;;;;/h6,8-12H,2-5,7H2,1H3;3*1H3;. The van der Waals surface area contributed by atoms with Crippen LogP contribution in [0.5, 0.6) is 0 Å². The predicted molar refractivity (Wildman–Crippen MR) is 101 cm³/mol. The van der Waals surface area contributed by atoms with Gasteiger partial charge in [-0.3, -0.25) is 0 Å². The SMILES string of the molecule is CCCCCCc1ccc(-c2cc[c]([Sn]([CH3])([CH3])[CH3])s2)cc1. The van der Waals surface area contributed by atoms with E-state index in [1.807, 2.05) is 11.3 Å². The zero-order valence-electron chi connectivity index (χ0n) is 13.9. The van der Waals surface area contributed by atoms with E-state index in [1.54, 1.807) is 2.89 Å². The second-order valence-electron chi connectivity index (χ2n) is 6.92. The Bertz CT molecular complexity index is 546. The molecule has 0 spiro atoms. The van der Waals surface area contributed by atoms with E-state index in [-0.39, 0.29) is 0 Å². The number of hydrogen-bond acceptors (Lipinski definition) is 1. The first-order valence-electron chi connectivity index (χ1n) is 8.20. The van der Waals surface area contributed by atoms with Crippen molar-refractivity contribution < 1.29 is 0 Å². The molecule has 0 saturated heterocycles.